The SMILES string of the molecule is C[C@]1(COCc2ccccc2)C(CO)C(CO)[C@@]1(C)COCc1ccccc1. The van der Waals surface area contributed by atoms with Gasteiger partial charge in [-0.05, 0) is 23.0 Å². The molecule has 0 aromatic heterocycles. The van der Waals surface area contributed by atoms with Crippen molar-refractivity contribution in [3.8, 4) is 0 Å². The summed E-state index contributed by atoms with van der Waals surface area (Å²) in [5.41, 5.74) is 1.74. The molecule has 0 spiro atoms. The number of hydrogen-bond donors (Lipinski definition) is 2. The molecule has 0 saturated heterocycles. The predicted octanol–water partition coefficient (Wildman–Crippen LogP) is 3.66. The molecule has 152 valence electrons. The minimum absolute atomic E-state index is 0.00130. The molecule has 0 heterocycles. The third-order valence-electron chi connectivity index (χ3n) is 6.85. The van der Waals surface area contributed by atoms with Crippen molar-refractivity contribution in [3.63, 3.8) is 0 Å². The van der Waals surface area contributed by atoms with Crippen LogP contribution in [0.1, 0.15) is 25.0 Å². The zero-order valence-corrected chi connectivity index (χ0v) is 16.9. The maximum atomic E-state index is 9.97. The number of aliphatic hydroxyl groups excluding tert-OH is 2. The first-order valence-corrected chi connectivity index (χ1v) is 10.00. The molecule has 1 aliphatic carbocycles. The first-order valence-electron chi connectivity index (χ1n) is 10.00. The van der Waals surface area contributed by atoms with Gasteiger partial charge in [0.05, 0.1) is 26.4 Å². The van der Waals surface area contributed by atoms with E-state index in [9.17, 15) is 10.2 Å². The van der Waals surface area contributed by atoms with E-state index in [2.05, 4.69) is 13.8 Å². The lowest BCUT2D eigenvalue weighted by atomic mass is 9.40. The van der Waals surface area contributed by atoms with Gasteiger partial charge in [0.2, 0.25) is 0 Å². The van der Waals surface area contributed by atoms with Gasteiger partial charge in [-0.15, -0.1) is 0 Å². The van der Waals surface area contributed by atoms with E-state index in [-0.39, 0.29) is 35.9 Å². The normalized spacial score (nSPS) is 29.4. The van der Waals surface area contributed by atoms with E-state index in [0.717, 1.165) is 11.1 Å². The average Bonchev–Trinajstić information content (AvgIpc) is 2.72. The third-order valence-corrected chi connectivity index (χ3v) is 6.85. The molecule has 2 N–H and O–H groups in total. The number of benzene rings is 2. The molecule has 4 nitrogen and oxygen atoms in total. The van der Waals surface area contributed by atoms with Crippen LogP contribution in [0.2, 0.25) is 0 Å². The van der Waals surface area contributed by atoms with Gasteiger partial charge in [-0.1, -0.05) is 74.5 Å². The Morgan fingerprint density at radius 1 is 0.679 bits per heavy atom. The van der Waals surface area contributed by atoms with Crippen molar-refractivity contribution in [1.82, 2.24) is 0 Å². The van der Waals surface area contributed by atoms with Gasteiger partial charge in [0.1, 0.15) is 0 Å². The summed E-state index contributed by atoms with van der Waals surface area (Å²) in [5.74, 6) is -0.00260. The predicted molar refractivity (Wildman–Crippen MR) is 110 cm³/mol. The molecule has 0 amide bonds. The highest BCUT2D eigenvalue weighted by atomic mass is 16.5. The Kier molecular flexibility index (Phi) is 6.89. The van der Waals surface area contributed by atoms with Gasteiger partial charge in [-0.2, -0.15) is 0 Å². The molecule has 2 aromatic carbocycles. The summed E-state index contributed by atoms with van der Waals surface area (Å²) < 4.78 is 12.1. The Morgan fingerprint density at radius 2 is 1.04 bits per heavy atom. The zero-order valence-electron chi connectivity index (χ0n) is 16.9. The highest BCUT2D eigenvalue weighted by Gasteiger charge is 2.66. The van der Waals surface area contributed by atoms with E-state index < -0.39 is 0 Å². The van der Waals surface area contributed by atoms with Gasteiger partial charge in [0.25, 0.3) is 0 Å². The van der Waals surface area contributed by atoms with Crippen molar-refractivity contribution < 1.29 is 19.7 Å². The number of ether oxygens (including phenoxy) is 2. The van der Waals surface area contributed by atoms with E-state index in [1.165, 1.54) is 0 Å². The van der Waals surface area contributed by atoms with E-state index in [1.54, 1.807) is 0 Å². The van der Waals surface area contributed by atoms with Crippen molar-refractivity contribution in [2.45, 2.75) is 27.1 Å². The Bertz CT molecular complexity index is 656. The quantitative estimate of drug-likeness (QED) is 0.656. The van der Waals surface area contributed by atoms with Crippen LogP contribution in [0.25, 0.3) is 0 Å². The van der Waals surface area contributed by atoms with Crippen molar-refractivity contribution in [1.29, 1.82) is 0 Å². The summed E-state index contributed by atoms with van der Waals surface area (Å²) in [6.07, 6.45) is 0. The second-order valence-electron chi connectivity index (χ2n) is 8.37. The molecule has 1 fully saturated rings. The highest BCUT2D eigenvalue weighted by molar-refractivity contribution is 5.16. The largest absolute Gasteiger partial charge is 0.396 e. The smallest absolute Gasteiger partial charge is 0.0717 e. The van der Waals surface area contributed by atoms with E-state index in [1.807, 2.05) is 60.7 Å². The van der Waals surface area contributed by atoms with Gasteiger partial charge in [-0.25, -0.2) is 0 Å². The number of hydrogen-bond acceptors (Lipinski definition) is 4. The summed E-state index contributed by atoms with van der Waals surface area (Å²) in [6, 6.07) is 20.2. The summed E-state index contributed by atoms with van der Waals surface area (Å²) in [6.45, 7) is 6.52. The van der Waals surface area contributed by atoms with Crippen LogP contribution in [0.15, 0.2) is 60.7 Å². The van der Waals surface area contributed by atoms with E-state index in [4.69, 9.17) is 9.47 Å². The number of aliphatic hydroxyl groups is 2. The summed E-state index contributed by atoms with van der Waals surface area (Å²) in [7, 11) is 0. The second kappa shape index (κ2) is 9.19. The molecule has 0 radical (unpaired) electrons. The van der Waals surface area contributed by atoms with Crippen molar-refractivity contribution in [3.05, 3.63) is 71.8 Å². The summed E-state index contributed by atoms with van der Waals surface area (Å²) >= 11 is 0. The molecule has 0 aliphatic heterocycles. The van der Waals surface area contributed by atoms with Crippen LogP contribution in [0.3, 0.4) is 0 Å². The topological polar surface area (TPSA) is 58.9 Å². The Hall–Kier alpha value is -1.72. The maximum absolute atomic E-state index is 9.97. The van der Waals surface area contributed by atoms with Gasteiger partial charge in [0.15, 0.2) is 0 Å². The van der Waals surface area contributed by atoms with Crippen LogP contribution in [0.5, 0.6) is 0 Å². The van der Waals surface area contributed by atoms with Crippen molar-refractivity contribution in [2.75, 3.05) is 26.4 Å². The van der Waals surface area contributed by atoms with Crippen LogP contribution < -0.4 is 0 Å². The first kappa shape index (κ1) is 21.0. The fraction of sp³-hybridized carbons (Fsp3) is 0.500. The van der Waals surface area contributed by atoms with Crippen LogP contribution in [0, 0.1) is 22.7 Å². The minimum atomic E-state index is -0.263. The van der Waals surface area contributed by atoms with Gasteiger partial charge in [0, 0.05) is 24.0 Å². The van der Waals surface area contributed by atoms with Gasteiger partial charge in [-0.3, -0.25) is 0 Å². The lowest BCUT2D eigenvalue weighted by Crippen LogP contribution is -2.68. The van der Waals surface area contributed by atoms with Crippen LogP contribution >= 0.6 is 0 Å². The molecule has 2 unspecified atom stereocenters. The Balaban J connectivity index is 1.64. The van der Waals surface area contributed by atoms with Crippen LogP contribution in [-0.2, 0) is 22.7 Å². The lowest BCUT2D eigenvalue weighted by molar-refractivity contribution is -0.261. The Labute approximate surface area is 168 Å². The second-order valence-corrected chi connectivity index (χ2v) is 8.37. The number of rotatable bonds is 10. The summed E-state index contributed by atoms with van der Waals surface area (Å²) in [5, 5.41) is 19.9. The first-order chi connectivity index (χ1) is 13.5. The fourth-order valence-electron chi connectivity index (χ4n) is 4.75. The summed E-state index contributed by atoms with van der Waals surface area (Å²) in [4.78, 5) is 0. The highest BCUT2D eigenvalue weighted by Crippen LogP contribution is 2.64. The minimum Gasteiger partial charge on any atom is -0.396 e. The van der Waals surface area contributed by atoms with Gasteiger partial charge < -0.3 is 19.7 Å². The molecule has 1 saturated carbocycles. The molecule has 0 bridgehead atoms. The zero-order chi connectivity index (χ0) is 20.0. The van der Waals surface area contributed by atoms with Crippen molar-refractivity contribution in [2.24, 2.45) is 22.7 Å². The van der Waals surface area contributed by atoms with Crippen LogP contribution in [0.4, 0.5) is 0 Å². The molecular weight excluding hydrogens is 352 g/mol. The van der Waals surface area contributed by atoms with Gasteiger partial charge >= 0.3 is 0 Å². The average molecular weight is 385 g/mol. The Morgan fingerprint density at radius 3 is 1.36 bits per heavy atom. The molecule has 28 heavy (non-hydrogen) atoms. The monoisotopic (exact) mass is 384 g/mol. The third kappa shape index (κ3) is 4.01. The standard InChI is InChI=1S/C24H32O4/c1-23(17-27-15-19-9-5-3-6-10-19)21(13-25)22(14-26)24(23,2)18-28-16-20-11-7-4-8-12-20/h3-12,21-22,25-26H,13-18H2,1-2H3/t21?,22?,23-,24+. The molecule has 2 aromatic rings. The molecular formula is C24H32O4. The van der Waals surface area contributed by atoms with Crippen molar-refractivity contribution >= 4 is 0 Å². The van der Waals surface area contributed by atoms with E-state index >= 15 is 0 Å². The van der Waals surface area contributed by atoms with E-state index in [0.29, 0.717) is 26.4 Å². The molecule has 1 aliphatic rings. The molecule has 3 rings (SSSR count). The maximum Gasteiger partial charge on any atom is 0.0717 e. The lowest BCUT2D eigenvalue weighted by Gasteiger charge is -2.66. The fourth-order valence-corrected chi connectivity index (χ4v) is 4.75. The van der Waals surface area contributed by atoms with Crippen LogP contribution in [-0.4, -0.2) is 36.6 Å². The molecule has 4 atom stereocenters. The molecule has 4 heteroatoms.